The number of hydrogen-bond acceptors (Lipinski definition) is 2. The molecule has 216 valence electrons. The number of nitrogens with zero attached hydrogens (tertiary/aromatic N) is 2. The van der Waals surface area contributed by atoms with Crippen LogP contribution < -0.4 is 9.30 Å². The minimum atomic E-state index is -0.220. The lowest BCUT2D eigenvalue weighted by atomic mass is 9.73. The van der Waals surface area contributed by atoms with Gasteiger partial charge in [-0.25, -0.2) is 0 Å². The molecule has 0 radical (unpaired) electrons. The monoisotopic (exact) mass is 584 g/mol. The van der Waals surface area contributed by atoms with Crippen molar-refractivity contribution in [2.24, 2.45) is 0 Å². The molecule has 4 aliphatic heterocycles. The maximum Gasteiger partial charge on any atom is 0.231 e. The average Bonchev–Trinajstić information content (AvgIpc) is 3.57. The van der Waals surface area contributed by atoms with Gasteiger partial charge in [-0.15, -0.1) is 0 Å². The molecule has 0 saturated heterocycles. The van der Waals surface area contributed by atoms with Crippen LogP contribution in [0.4, 0.5) is 0 Å². The zero-order valence-corrected chi connectivity index (χ0v) is 25.5. The van der Waals surface area contributed by atoms with Gasteiger partial charge in [-0.05, 0) is 35.9 Å². The van der Waals surface area contributed by atoms with Crippen LogP contribution in [0.5, 0.6) is 5.75 Å². The molecule has 5 atom stereocenters. The molecule has 0 bridgehead atoms. The Labute approximate surface area is 261 Å². The van der Waals surface area contributed by atoms with Gasteiger partial charge in [0.05, 0.1) is 23.7 Å². The third-order valence-electron chi connectivity index (χ3n) is 12.0. The number of allylic oxidation sites excluding steroid dienone is 1. The molecule has 2 aromatic heterocycles. The second-order valence-electron chi connectivity index (χ2n) is 14.2. The Morgan fingerprint density at radius 1 is 0.778 bits per heavy atom. The number of benzene rings is 4. The number of quaternary nitrogens is 1. The van der Waals surface area contributed by atoms with Gasteiger partial charge in [0.1, 0.15) is 40.8 Å². The number of ether oxygens (including phenoxy) is 1. The molecule has 1 spiro atoms. The van der Waals surface area contributed by atoms with Crippen LogP contribution in [0, 0.1) is 0 Å². The maximum atomic E-state index is 6.83. The van der Waals surface area contributed by atoms with Gasteiger partial charge in [0, 0.05) is 45.5 Å². The summed E-state index contributed by atoms with van der Waals surface area (Å²) in [5.41, 5.74) is 10.8. The highest BCUT2D eigenvalue weighted by molar-refractivity contribution is 6.06. The van der Waals surface area contributed by atoms with E-state index in [2.05, 4.69) is 147 Å². The van der Waals surface area contributed by atoms with Crippen molar-refractivity contribution in [2.75, 3.05) is 7.05 Å². The molecule has 11 rings (SSSR count). The molecule has 5 aliphatic rings. The fourth-order valence-electron chi connectivity index (χ4n) is 10.1. The van der Waals surface area contributed by atoms with Crippen LogP contribution in [0.2, 0.25) is 0 Å². The molecule has 6 aromatic rings. The fraction of sp³-hybridized carbons (Fsp3) is 0.195. The van der Waals surface area contributed by atoms with E-state index in [1.54, 1.807) is 0 Å². The van der Waals surface area contributed by atoms with E-state index in [0.717, 1.165) is 27.2 Å². The highest BCUT2D eigenvalue weighted by atomic mass is 16.5. The van der Waals surface area contributed by atoms with E-state index < -0.39 is 0 Å². The van der Waals surface area contributed by atoms with Crippen molar-refractivity contribution in [2.45, 2.75) is 42.8 Å². The van der Waals surface area contributed by atoms with Crippen molar-refractivity contribution in [1.29, 1.82) is 0 Å². The molecule has 0 amide bonds. The molecule has 1 aliphatic carbocycles. The summed E-state index contributed by atoms with van der Waals surface area (Å²) in [5.74, 6) is 2.25. The van der Waals surface area contributed by atoms with E-state index in [4.69, 9.17) is 9.15 Å². The predicted molar refractivity (Wildman–Crippen MR) is 174 cm³/mol. The first-order valence-corrected chi connectivity index (χ1v) is 16.1. The lowest BCUT2D eigenvalue weighted by Gasteiger charge is -2.45. The quantitative estimate of drug-likeness (QED) is 0.132. The van der Waals surface area contributed by atoms with Crippen molar-refractivity contribution in [1.82, 2.24) is 0 Å². The summed E-state index contributed by atoms with van der Waals surface area (Å²) >= 11 is 0. The lowest BCUT2D eigenvalue weighted by molar-refractivity contribution is -0.935. The zero-order chi connectivity index (χ0) is 29.9. The highest BCUT2D eigenvalue weighted by Gasteiger charge is 2.89. The van der Waals surface area contributed by atoms with Gasteiger partial charge in [0.25, 0.3) is 0 Å². The molecular weight excluding hydrogens is 552 g/mol. The standard InChI is InChI=1S/C41H32N2O2/c1-40(2)28-15-7-9-18-34(28)44-35-22-32-36-29(20-19-27-25-13-6-8-17-33(25)45-38(27)36)41(43(32,3)23-30(35)40)37-26-14-5-4-12-24(26)31-16-10-11-21-42(31)39(37)41/h4-23,32,37,39H,1-3H3/q+2. The van der Waals surface area contributed by atoms with Crippen molar-refractivity contribution < 1.29 is 18.2 Å². The van der Waals surface area contributed by atoms with Crippen LogP contribution in [0.3, 0.4) is 0 Å². The number of para-hydroxylation sites is 2. The van der Waals surface area contributed by atoms with Crippen molar-refractivity contribution in [3.05, 3.63) is 155 Å². The molecule has 5 unspecified atom stereocenters. The summed E-state index contributed by atoms with van der Waals surface area (Å²) in [6.45, 7) is 4.71. The van der Waals surface area contributed by atoms with Crippen LogP contribution >= 0.6 is 0 Å². The summed E-state index contributed by atoms with van der Waals surface area (Å²) < 4.78 is 16.9. The Balaban J connectivity index is 1.26. The minimum Gasteiger partial charge on any atom is -0.457 e. The number of rotatable bonds is 0. The molecule has 0 N–H and O–H groups in total. The normalized spacial score (nSPS) is 28.9. The smallest absolute Gasteiger partial charge is 0.231 e. The Hall–Kier alpha value is -4.93. The van der Waals surface area contributed by atoms with E-state index in [1.165, 1.54) is 49.9 Å². The first-order chi connectivity index (χ1) is 21.9. The summed E-state index contributed by atoms with van der Waals surface area (Å²) in [4.78, 5) is 0. The Kier molecular flexibility index (Phi) is 4.14. The molecule has 1 fully saturated rings. The Morgan fingerprint density at radius 3 is 2.51 bits per heavy atom. The van der Waals surface area contributed by atoms with Crippen LogP contribution in [0.1, 0.15) is 54.1 Å². The van der Waals surface area contributed by atoms with E-state index in [1.807, 2.05) is 0 Å². The van der Waals surface area contributed by atoms with Crippen LogP contribution in [0.15, 0.2) is 137 Å². The van der Waals surface area contributed by atoms with Crippen LogP contribution in [0.25, 0.3) is 33.2 Å². The molecule has 1 saturated carbocycles. The van der Waals surface area contributed by atoms with E-state index in [0.29, 0.717) is 5.92 Å². The Morgan fingerprint density at radius 2 is 1.58 bits per heavy atom. The predicted octanol–water partition coefficient (Wildman–Crippen LogP) is 8.74. The largest absolute Gasteiger partial charge is 0.457 e. The molecule has 4 aromatic carbocycles. The van der Waals surface area contributed by atoms with Crippen LogP contribution in [-0.2, 0) is 11.0 Å². The zero-order valence-electron chi connectivity index (χ0n) is 25.5. The number of pyridine rings is 1. The van der Waals surface area contributed by atoms with Crippen molar-refractivity contribution in [3.63, 3.8) is 0 Å². The van der Waals surface area contributed by atoms with Gasteiger partial charge in [-0.1, -0.05) is 74.5 Å². The summed E-state index contributed by atoms with van der Waals surface area (Å²) in [6.07, 6.45) is 7.31. The first kappa shape index (κ1) is 24.4. The summed E-state index contributed by atoms with van der Waals surface area (Å²) in [5, 5.41) is 2.36. The second kappa shape index (κ2) is 7.64. The highest BCUT2D eigenvalue weighted by Crippen LogP contribution is 2.79. The van der Waals surface area contributed by atoms with Crippen molar-refractivity contribution >= 4 is 21.9 Å². The molecule has 45 heavy (non-hydrogen) atoms. The number of furan rings is 1. The first-order valence-electron chi connectivity index (χ1n) is 16.1. The van der Waals surface area contributed by atoms with Gasteiger partial charge in [-0.2, -0.15) is 4.57 Å². The third-order valence-corrected chi connectivity index (χ3v) is 12.0. The van der Waals surface area contributed by atoms with Gasteiger partial charge >= 0.3 is 0 Å². The SMILES string of the molecule is CC1(C)C2=C[N+]3(C)C(C=C2Oc2ccccc21)c1c(ccc2c1oc1ccccc12)C31C2c3ccccc3-c3cccc[n+]3C21. The number of likely N-dealkylation sites (N-methyl/N-ethyl adjacent to an activating group) is 1. The second-order valence-corrected chi connectivity index (χ2v) is 14.2. The van der Waals surface area contributed by atoms with E-state index >= 15 is 0 Å². The topological polar surface area (TPSA) is 26.2 Å². The fourth-order valence-corrected chi connectivity index (χ4v) is 10.1. The number of aromatic nitrogens is 1. The van der Waals surface area contributed by atoms with E-state index in [9.17, 15) is 0 Å². The molecular formula is C41H32N2O2+2. The van der Waals surface area contributed by atoms with Crippen LogP contribution in [-0.4, -0.2) is 11.5 Å². The average molecular weight is 585 g/mol. The molecule has 4 nitrogen and oxygen atoms in total. The van der Waals surface area contributed by atoms with Gasteiger partial charge in [0.15, 0.2) is 6.20 Å². The van der Waals surface area contributed by atoms with Gasteiger partial charge in [-0.3, -0.25) is 4.48 Å². The number of fused-ring (bicyclic) bond motifs is 19. The van der Waals surface area contributed by atoms with E-state index in [-0.39, 0.29) is 23.0 Å². The summed E-state index contributed by atoms with van der Waals surface area (Å²) in [7, 11) is 2.47. The number of hydrogen-bond donors (Lipinski definition) is 0. The van der Waals surface area contributed by atoms with Gasteiger partial charge < -0.3 is 9.15 Å². The summed E-state index contributed by atoms with van der Waals surface area (Å²) in [6, 6.07) is 37.8. The molecule has 4 heteroatoms. The lowest BCUT2D eigenvalue weighted by Crippen LogP contribution is -2.52. The Bertz CT molecular complexity index is 2340. The van der Waals surface area contributed by atoms with Gasteiger partial charge in [0.2, 0.25) is 17.3 Å². The maximum absolute atomic E-state index is 6.83. The molecule has 6 heterocycles. The third kappa shape index (κ3) is 2.59. The minimum absolute atomic E-state index is 0.0367. The van der Waals surface area contributed by atoms with Crippen molar-refractivity contribution in [3.8, 4) is 17.0 Å².